The molecule has 1 aromatic heterocycles. The fourth-order valence-electron chi connectivity index (χ4n) is 3.28. The first kappa shape index (κ1) is 21.0. The third-order valence-corrected chi connectivity index (χ3v) is 4.97. The molecule has 3 rings (SSSR count). The summed E-state index contributed by atoms with van der Waals surface area (Å²) in [5.74, 6) is -0.203. The zero-order chi connectivity index (χ0) is 21.8. The van der Waals surface area contributed by atoms with Crippen molar-refractivity contribution in [2.24, 2.45) is 0 Å². The first-order valence-electron chi connectivity index (χ1n) is 9.72. The van der Waals surface area contributed by atoms with Crippen molar-refractivity contribution in [1.29, 1.82) is 0 Å². The summed E-state index contributed by atoms with van der Waals surface area (Å²) < 4.78 is 1.61. The van der Waals surface area contributed by atoms with Gasteiger partial charge >= 0.3 is 5.69 Å². The average molecular weight is 407 g/mol. The fourth-order valence-corrected chi connectivity index (χ4v) is 3.28. The van der Waals surface area contributed by atoms with E-state index >= 15 is 0 Å². The minimum Gasteiger partial charge on any atom is -0.286 e. The Labute approximate surface area is 175 Å². The molecule has 3 aromatic rings. The molecule has 0 bridgehead atoms. The van der Waals surface area contributed by atoms with Crippen LogP contribution in [-0.4, -0.2) is 27.2 Å². The second kappa shape index (κ2) is 8.77. The summed E-state index contributed by atoms with van der Waals surface area (Å²) in [6.45, 7) is 8.32. The second-order valence-corrected chi connectivity index (χ2v) is 7.15. The van der Waals surface area contributed by atoms with Crippen LogP contribution in [0.15, 0.2) is 48.5 Å². The number of nitrogens with zero attached hydrogens (tertiary/aromatic N) is 4. The minimum absolute atomic E-state index is 0.0433. The molecule has 0 aliphatic rings. The van der Waals surface area contributed by atoms with E-state index in [0.717, 1.165) is 16.8 Å². The topological polar surface area (TPSA) is 93.3 Å². The number of aryl methyl sites for hydroxylation is 2. The molecule has 0 radical (unpaired) electrons. The van der Waals surface area contributed by atoms with Gasteiger partial charge in [-0.3, -0.25) is 30.0 Å². The Bertz CT molecular complexity index is 1060. The standard InChI is InChI=1S/C22H25N5O3/c1-5-25(20-12-6-15(2)7-13-20)24-22(28)19-10-8-18(9-11-19)14-26-17(4)21(27(29)30)16(3)23-26/h6-13H,5,14H2,1-4H3,(H,24,28). The lowest BCUT2D eigenvalue weighted by molar-refractivity contribution is -0.386. The van der Waals surface area contributed by atoms with Gasteiger partial charge in [-0.25, -0.2) is 0 Å². The average Bonchev–Trinajstić information content (AvgIpc) is 3.00. The maximum absolute atomic E-state index is 12.7. The maximum Gasteiger partial charge on any atom is 0.312 e. The zero-order valence-corrected chi connectivity index (χ0v) is 17.5. The van der Waals surface area contributed by atoms with Crippen molar-refractivity contribution in [3.63, 3.8) is 0 Å². The number of anilines is 1. The van der Waals surface area contributed by atoms with Crippen LogP contribution in [0.4, 0.5) is 11.4 Å². The third kappa shape index (κ3) is 4.48. The van der Waals surface area contributed by atoms with E-state index in [2.05, 4.69) is 10.5 Å². The molecule has 0 saturated heterocycles. The molecule has 1 heterocycles. The lowest BCUT2D eigenvalue weighted by atomic mass is 10.1. The van der Waals surface area contributed by atoms with Crippen LogP contribution in [-0.2, 0) is 6.54 Å². The molecule has 0 spiro atoms. The highest BCUT2D eigenvalue weighted by molar-refractivity contribution is 5.95. The lowest BCUT2D eigenvalue weighted by Gasteiger charge is -2.24. The number of rotatable bonds is 7. The molecule has 1 amide bonds. The van der Waals surface area contributed by atoms with Crippen LogP contribution >= 0.6 is 0 Å². The number of amides is 1. The summed E-state index contributed by atoms with van der Waals surface area (Å²) in [7, 11) is 0. The molecule has 8 nitrogen and oxygen atoms in total. The normalized spacial score (nSPS) is 10.7. The summed E-state index contributed by atoms with van der Waals surface area (Å²) in [5, 5.41) is 17.2. The van der Waals surface area contributed by atoms with Crippen LogP contribution < -0.4 is 10.4 Å². The number of carbonyl (C=O) groups excluding carboxylic acids is 1. The Morgan fingerprint density at radius 3 is 2.27 bits per heavy atom. The van der Waals surface area contributed by atoms with Gasteiger partial charge in [0.2, 0.25) is 0 Å². The van der Waals surface area contributed by atoms with Gasteiger partial charge in [-0.2, -0.15) is 5.10 Å². The predicted molar refractivity (Wildman–Crippen MR) is 116 cm³/mol. The Morgan fingerprint density at radius 1 is 1.10 bits per heavy atom. The Balaban J connectivity index is 1.70. The van der Waals surface area contributed by atoms with Gasteiger partial charge in [-0.1, -0.05) is 29.8 Å². The van der Waals surface area contributed by atoms with E-state index in [1.54, 1.807) is 35.7 Å². The van der Waals surface area contributed by atoms with E-state index in [-0.39, 0.29) is 11.6 Å². The molecule has 0 aliphatic heterocycles. The van der Waals surface area contributed by atoms with Crippen molar-refractivity contribution < 1.29 is 9.72 Å². The molecular weight excluding hydrogens is 382 g/mol. The number of nitrogens with one attached hydrogen (secondary N) is 1. The molecule has 8 heteroatoms. The van der Waals surface area contributed by atoms with Crippen LogP contribution in [0.1, 0.15) is 39.8 Å². The van der Waals surface area contributed by atoms with Gasteiger partial charge < -0.3 is 0 Å². The predicted octanol–water partition coefficient (Wildman–Crippen LogP) is 3.94. The number of hydrogen-bond acceptors (Lipinski definition) is 5. The van der Waals surface area contributed by atoms with Gasteiger partial charge in [0, 0.05) is 12.1 Å². The number of hydrogen-bond donors (Lipinski definition) is 1. The SMILES string of the molecule is CCN(NC(=O)c1ccc(Cn2nc(C)c([N+](=O)[O-])c2C)cc1)c1ccc(C)cc1. The van der Waals surface area contributed by atoms with Crippen molar-refractivity contribution in [3.05, 3.63) is 86.7 Å². The van der Waals surface area contributed by atoms with Crippen molar-refractivity contribution in [1.82, 2.24) is 15.2 Å². The molecule has 0 saturated carbocycles. The number of benzene rings is 2. The quantitative estimate of drug-likeness (QED) is 0.473. The van der Waals surface area contributed by atoms with Crippen LogP contribution in [0.2, 0.25) is 0 Å². The van der Waals surface area contributed by atoms with Gasteiger partial charge in [-0.05, 0) is 57.5 Å². The van der Waals surface area contributed by atoms with Crippen molar-refractivity contribution in [2.45, 2.75) is 34.2 Å². The summed E-state index contributed by atoms with van der Waals surface area (Å²) in [4.78, 5) is 23.4. The molecule has 0 aliphatic carbocycles. The van der Waals surface area contributed by atoms with Crippen LogP contribution in [0.25, 0.3) is 0 Å². The van der Waals surface area contributed by atoms with E-state index in [4.69, 9.17) is 0 Å². The first-order valence-corrected chi connectivity index (χ1v) is 9.72. The smallest absolute Gasteiger partial charge is 0.286 e. The Hall–Kier alpha value is -3.68. The maximum atomic E-state index is 12.7. The highest BCUT2D eigenvalue weighted by Crippen LogP contribution is 2.22. The highest BCUT2D eigenvalue weighted by atomic mass is 16.6. The molecule has 2 aromatic carbocycles. The third-order valence-electron chi connectivity index (χ3n) is 4.97. The first-order chi connectivity index (χ1) is 14.3. The van der Waals surface area contributed by atoms with E-state index in [1.165, 1.54) is 0 Å². The molecule has 30 heavy (non-hydrogen) atoms. The van der Waals surface area contributed by atoms with Gasteiger partial charge in [0.25, 0.3) is 5.91 Å². The number of nitro groups is 1. The van der Waals surface area contributed by atoms with Gasteiger partial charge in [0.1, 0.15) is 11.4 Å². The summed E-state index contributed by atoms with van der Waals surface area (Å²) >= 11 is 0. The van der Waals surface area contributed by atoms with Gasteiger partial charge in [0.15, 0.2) is 0 Å². The molecule has 0 atom stereocenters. The highest BCUT2D eigenvalue weighted by Gasteiger charge is 2.21. The molecule has 156 valence electrons. The molecule has 0 unspecified atom stereocenters. The van der Waals surface area contributed by atoms with Crippen LogP contribution in [0, 0.1) is 30.9 Å². The number of hydrazine groups is 1. The lowest BCUT2D eigenvalue weighted by Crippen LogP contribution is -2.42. The molecule has 0 fully saturated rings. The fraction of sp³-hybridized carbons (Fsp3) is 0.273. The van der Waals surface area contributed by atoms with Crippen molar-refractivity contribution in [2.75, 3.05) is 11.6 Å². The van der Waals surface area contributed by atoms with E-state index in [9.17, 15) is 14.9 Å². The summed E-state index contributed by atoms with van der Waals surface area (Å²) in [6, 6.07) is 15.1. The summed E-state index contributed by atoms with van der Waals surface area (Å²) in [6.07, 6.45) is 0. The second-order valence-electron chi connectivity index (χ2n) is 7.15. The number of aromatic nitrogens is 2. The monoisotopic (exact) mass is 407 g/mol. The largest absolute Gasteiger partial charge is 0.312 e. The molecule has 1 N–H and O–H groups in total. The van der Waals surface area contributed by atoms with E-state index < -0.39 is 4.92 Å². The van der Waals surface area contributed by atoms with Gasteiger partial charge in [-0.15, -0.1) is 0 Å². The minimum atomic E-state index is -0.408. The zero-order valence-electron chi connectivity index (χ0n) is 17.5. The van der Waals surface area contributed by atoms with Gasteiger partial charge in [0.05, 0.1) is 17.2 Å². The van der Waals surface area contributed by atoms with E-state index in [0.29, 0.717) is 30.0 Å². The van der Waals surface area contributed by atoms with Crippen LogP contribution in [0.5, 0.6) is 0 Å². The summed E-state index contributed by atoms with van der Waals surface area (Å²) in [5.41, 5.74) is 7.37. The Morgan fingerprint density at radius 2 is 1.73 bits per heavy atom. The molecular formula is C22H25N5O3. The van der Waals surface area contributed by atoms with E-state index in [1.807, 2.05) is 50.2 Å². The number of carbonyl (C=O) groups is 1. The van der Waals surface area contributed by atoms with Crippen molar-refractivity contribution >= 4 is 17.3 Å². The van der Waals surface area contributed by atoms with Crippen LogP contribution in [0.3, 0.4) is 0 Å². The Kier molecular flexibility index (Phi) is 6.15. The van der Waals surface area contributed by atoms with Crippen molar-refractivity contribution in [3.8, 4) is 0 Å².